The standard InChI is InChI=1S/C14H14O4/c1-2-17-14(16)9-10-5-6-12(15)11(8-10)13-4-3-7-18-13/h3-8,15H,2,9H2,1H3. The highest BCUT2D eigenvalue weighted by Gasteiger charge is 2.10. The topological polar surface area (TPSA) is 59.7 Å². The van der Waals surface area contributed by atoms with E-state index in [9.17, 15) is 9.90 Å². The van der Waals surface area contributed by atoms with E-state index in [0.29, 0.717) is 17.9 Å². The molecule has 1 N–H and O–H groups in total. The maximum absolute atomic E-state index is 11.4. The fourth-order valence-electron chi connectivity index (χ4n) is 1.70. The average Bonchev–Trinajstić information content (AvgIpc) is 2.85. The number of hydrogen-bond acceptors (Lipinski definition) is 4. The Bertz CT molecular complexity index is 529. The molecule has 0 aliphatic rings. The molecule has 2 aromatic rings. The lowest BCUT2D eigenvalue weighted by molar-refractivity contribution is -0.142. The van der Waals surface area contributed by atoms with Crippen LogP contribution in [0.1, 0.15) is 12.5 Å². The van der Waals surface area contributed by atoms with Gasteiger partial charge in [-0.1, -0.05) is 6.07 Å². The Balaban J connectivity index is 2.24. The Hall–Kier alpha value is -2.23. The third-order valence-corrected chi connectivity index (χ3v) is 2.50. The zero-order valence-electron chi connectivity index (χ0n) is 10.1. The summed E-state index contributed by atoms with van der Waals surface area (Å²) >= 11 is 0. The molecule has 0 saturated carbocycles. The van der Waals surface area contributed by atoms with Gasteiger partial charge in [-0.3, -0.25) is 4.79 Å². The molecule has 1 heterocycles. The number of hydrogen-bond donors (Lipinski definition) is 1. The van der Waals surface area contributed by atoms with Crippen molar-refractivity contribution in [3.8, 4) is 17.1 Å². The second-order valence-corrected chi connectivity index (χ2v) is 3.81. The van der Waals surface area contributed by atoms with Crippen molar-refractivity contribution in [2.45, 2.75) is 13.3 Å². The second-order valence-electron chi connectivity index (χ2n) is 3.81. The van der Waals surface area contributed by atoms with Crippen LogP contribution in [0.15, 0.2) is 41.0 Å². The van der Waals surface area contributed by atoms with E-state index >= 15 is 0 Å². The average molecular weight is 246 g/mol. The molecule has 0 saturated heterocycles. The Morgan fingerprint density at radius 2 is 2.22 bits per heavy atom. The van der Waals surface area contributed by atoms with Crippen molar-refractivity contribution in [2.24, 2.45) is 0 Å². The van der Waals surface area contributed by atoms with Crippen LogP contribution < -0.4 is 0 Å². The monoisotopic (exact) mass is 246 g/mol. The first-order chi connectivity index (χ1) is 8.70. The third kappa shape index (κ3) is 2.71. The number of carbonyl (C=O) groups excluding carboxylic acids is 1. The van der Waals surface area contributed by atoms with Crippen LogP contribution >= 0.6 is 0 Å². The molecular weight excluding hydrogens is 232 g/mol. The highest BCUT2D eigenvalue weighted by molar-refractivity contribution is 5.74. The zero-order valence-corrected chi connectivity index (χ0v) is 10.1. The summed E-state index contributed by atoms with van der Waals surface area (Å²) in [7, 11) is 0. The first-order valence-corrected chi connectivity index (χ1v) is 5.72. The largest absolute Gasteiger partial charge is 0.507 e. The molecule has 2 rings (SSSR count). The van der Waals surface area contributed by atoms with Crippen LogP contribution in [0.5, 0.6) is 5.75 Å². The fraction of sp³-hybridized carbons (Fsp3) is 0.214. The van der Waals surface area contributed by atoms with Gasteiger partial charge in [0.05, 0.1) is 24.9 Å². The molecular formula is C14H14O4. The minimum absolute atomic E-state index is 0.123. The van der Waals surface area contributed by atoms with Gasteiger partial charge in [0.2, 0.25) is 0 Å². The van der Waals surface area contributed by atoms with Gasteiger partial charge in [-0.2, -0.15) is 0 Å². The predicted molar refractivity (Wildman–Crippen MR) is 66.1 cm³/mol. The van der Waals surface area contributed by atoms with Crippen LogP contribution in [-0.2, 0) is 16.0 Å². The molecule has 0 radical (unpaired) electrons. The summed E-state index contributed by atoms with van der Waals surface area (Å²) in [5, 5.41) is 9.77. The molecule has 0 spiro atoms. The Morgan fingerprint density at radius 3 is 2.89 bits per heavy atom. The molecule has 1 aromatic carbocycles. The first-order valence-electron chi connectivity index (χ1n) is 5.72. The van der Waals surface area contributed by atoms with Gasteiger partial charge in [-0.05, 0) is 36.8 Å². The minimum Gasteiger partial charge on any atom is -0.507 e. The lowest BCUT2D eigenvalue weighted by atomic mass is 10.1. The number of ether oxygens (including phenoxy) is 1. The van der Waals surface area contributed by atoms with Crippen molar-refractivity contribution in [3.05, 3.63) is 42.2 Å². The first kappa shape index (κ1) is 12.2. The fourth-order valence-corrected chi connectivity index (χ4v) is 1.70. The van der Waals surface area contributed by atoms with E-state index in [4.69, 9.17) is 9.15 Å². The Labute approximate surface area is 105 Å². The number of carbonyl (C=O) groups is 1. The molecule has 0 atom stereocenters. The molecule has 1 aromatic heterocycles. The van der Waals surface area contributed by atoms with Crippen molar-refractivity contribution < 1.29 is 19.1 Å². The predicted octanol–water partition coefficient (Wildman–Crippen LogP) is 2.76. The van der Waals surface area contributed by atoms with Gasteiger partial charge in [-0.25, -0.2) is 0 Å². The molecule has 94 valence electrons. The summed E-state index contributed by atoms with van der Waals surface area (Å²) in [5.41, 5.74) is 1.35. The smallest absolute Gasteiger partial charge is 0.310 e. The summed E-state index contributed by atoms with van der Waals surface area (Å²) in [6.45, 7) is 2.13. The van der Waals surface area contributed by atoms with E-state index < -0.39 is 0 Å². The molecule has 0 amide bonds. The summed E-state index contributed by atoms with van der Waals surface area (Å²) in [5.74, 6) is 0.407. The summed E-state index contributed by atoms with van der Waals surface area (Å²) < 4.78 is 10.1. The quantitative estimate of drug-likeness (QED) is 0.843. The van der Waals surface area contributed by atoms with Crippen LogP contribution in [0.2, 0.25) is 0 Å². The van der Waals surface area contributed by atoms with E-state index in [1.807, 2.05) is 0 Å². The molecule has 4 nitrogen and oxygen atoms in total. The van der Waals surface area contributed by atoms with E-state index in [1.165, 1.54) is 6.26 Å². The van der Waals surface area contributed by atoms with Crippen molar-refractivity contribution in [2.75, 3.05) is 6.61 Å². The van der Waals surface area contributed by atoms with E-state index in [0.717, 1.165) is 5.56 Å². The van der Waals surface area contributed by atoms with Crippen molar-refractivity contribution >= 4 is 5.97 Å². The van der Waals surface area contributed by atoms with Crippen LogP contribution in [0.3, 0.4) is 0 Å². The van der Waals surface area contributed by atoms with Crippen LogP contribution in [0.4, 0.5) is 0 Å². The van der Waals surface area contributed by atoms with Gasteiger partial charge in [-0.15, -0.1) is 0 Å². The van der Waals surface area contributed by atoms with E-state index in [-0.39, 0.29) is 18.1 Å². The lowest BCUT2D eigenvalue weighted by Gasteiger charge is -2.06. The second kappa shape index (κ2) is 5.40. The summed E-state index contributed by atoms with van der Waals surface area (Å²) in [6.07, 6.45) is 1.72. The Morgan fingerprint density at radius 1 is 1.39 bits per heavy atom. The number of phenolic OH excluding ortho intramolecular Hbond substituents is 1. The highest BCUT2D eigenvalue weighted by atomic mass is 16.5. The van der Waals surface area contributed by atoms with Gasteiger partial charge >= 0.3 is 5.97 Å². The molecule has 0 fully saturated rings. The van der Waals surface area contributed by atoms with Gasteiger partial charge in [0.25, 0.3) is 0 Å². The molecule has 0 unspecified atom stereocenters. The maximum atomic E-state index is 11.4. The Kier molecular flexibility index (Phi) is 3.67. The number of benzene rings is 1. The zero-order chi connectivity index (χ0) is 13.0. The SMILES string of the molecule is CCOC(=O)Cc1ccc(O)c(-c2ccco2)c1. The van der Waals surface area contributed by atoms with Crippen molar-refractivity contribution in [1.29, 1.82) is 0 Å². The van der Waals surface area contributed by atoms with Gasteiger partial charge in [0, 0.05) is 0 Å². The number of rotatable bonds is 4. The van der Waals surface area contributed by atoms with Crippen molar-refractivity contribution in [3.63, 3.8) is 0 Å². The van der Waals surface area contributed by atoms with Gasteiger partial charge in [0.15, 0.2) is 0 Å². The van der Waals surface area contributed by atoms with Crippen LogP contribution in [0.25, 0.3) is 11.3 Å². The molecule has 0 aliphatic carbocycles. The molecule has 0 bridgehead atoms. The van der Waals surface area contributed by atoms with E-state index in [1.54, 1.807) is 37.3 Å². The normalized spacial score (nSPS) is 10.3. The van der Waals surface area contributed by atoms with Crippen molar-refractivity contribution in [1.82, 2.24) is 0 Å². The van der Waals surface area contributed by atoms with Gasteiger partial charge in [0.1, 0.15) is 11.5 Å². The highest BCUT2D eigenvalue weighted by Crippen LogP contribution is 2.30. The van der Waals surface area contributed by atoms with Crippen LogP contribution in [-0.4, -0.2) is 17.7 Å². The van der Waals surface area contributed by atoms with E-state index in [2.05, 4.69) is 0 Å². The number of phenols is 1. The third-order valence-electron chi connectivity index (χ3n) is 2.50. The maximum Gasteiger partial charge on any atom is 0.310 e. The van der Waals surface area contributed by atoms with Gasteiger partial charge < -0.3 is 14.3 Å². The molecule has 18 heavy (non-hydrogen) atoms. The molecule has 4 heteroatoms. The summed E-state index contributed by atoms with van der Waals surface area (Å²) in [4.78, 5) is 11.4. The number of esters is 1. The van der Waals surface area contributed by atoms with Crippen LogP contribution in [0, 0.1) is 0 Å². The molecule has 0 aliphatic heterocycles. The lowest BCUT2D eigenvalue weighted by Crippen LogP contribution is -2.07. The number of aromatic hydroxyl groups is 1. The minimum atomic E-state index is -0.284. The summed E-state index contributed by atoms with van der Waals surface area (Å²) in [6, 6.07) is 8.46. The number of furan rings is 1.